The summed E-state index contributed by atoms with van der Waals surface area (Å²) in [5, 5.41) is 0. The van der Waals surface area contributed by atoms with Crippen LogP contribution < -0.4 is 5.73 Å². The van der Waals surface area contributed by atoms with Crippen molar-refractivity contribution in [1.29, 1.82) is 0 Å². The van der Waals surface area contributed by atoms with Crippen LogP contribution in [0.3, 0.4) is 0 Å². The van der Waals surface area contributed by atoms with E-state index in [9.17, 15) is 8.42 Å². The van der Waals surface area contributed by atoms with Gasteiger partial charge in [0, 0.05) is 32.2 Å². The zero-order valence-corrected chi connectivity index (χ0v) is 13.1. The number of aromatic nitrogens is 2. The van der Waals surface area contributed by atoms with Gasteiger partial charge >= 0.3 is 0 Å². The fourth-order valence-corrected chi connectivity index (χ4v) is 3.22. The molecule has 1 aromatic carbocycles. The lowest BCUT2D eigenvalue weighted by molar-refractivity contribution is 0.515. The van der Waals surface area contributed by atoms with Gasteiger partial charge in [0.05, 0.1) is 16.8 Å². The SMILES string of the molecule is CN(C)S(=O)(=O)CCn1c(C2CC2)nc2cc(N)ccc21. The molecule has 1 aromatic heterocycles. The molecule has 0 aliphatic heterocycles. The van der Waals surface area contributed by atoms with Crippen molar-refractivity contribution in [3.8, 4) is 0 Å². The van der Waals surface area contributed by atoms with Gasteiger partial charge in [-0.3, -0.25) is 0 Å². The first-order chi connectivity index (χ1) is 9.88. The number of imidazole rings is 1. The zero-order valence-electron chi connectivity index (χ0n) is 12.3. The van der Waals surface area contributed by atoms with E-state index in [1.165, 1.54) is 4.31 Å². The molecule has 0 radical (unpaired) electrons. The van der Waals surface area contributed by atoms with E-state index >= 15 is 0 Å². The second kappa shape index (κ2) is 4.99. The van der Waals surface area contributed by atoms with Crippen LogP contribution in [0, 0.1) is 0 Å². The Hall–Kier alpha value is -1.60. The maximum atomic E-state index is 12.0. The van der Waals surface area contributed by atoms with E-state index in [0.717, 1.165) is 29.7 Å². The van der Waals surface area contributed by atoms with Crippen LogP contribution in [0.25, 0.3) is 11.0 Å². The van der Waals surface area contributed by atoms with Crippen LogP contribution >= 0.6 is 0 Å². The predicted molar refractivity (Wildman–Crippen MR) is 83.6 cm³/mol. The van der Waals surface area contributed by atoms with Crippen molar-refractivity contribution in [1.82, 2.24) is 13.9 Å². The van der Waals surface area contributed by atoms with Crippen LogP contribution in [0.4, 0.5) is 5.69 Å². The summed E-state index contributed by atoms with van der Waals surface area (Å²) in [6.45, 7) is 0.423. The number of fused-ring (bicyclic) bond motifs is 1. The number of hydrogen-bond donors (Lipinski definition) is 1. The van der Waals surface area contributed by atoms with Crippen molar-refractivity contribution in [2.45, 2.75) is 25.3 Å². The van der Waals surface area contributed by atoms with E-state index in [2.05, 4.69) is 4.98 Å². The van der Waals surface area contributed by atoms with Gasteiger partial charge in [0.15, 0.2) is 0 Å². The Morgan fingerprint density at radius 1 is 1.38 bits per heavy atom. The third-order valence-corrected chi connectivity index (χ3v) is 5.68. The van der Waals surface area contributed by atoms with Gasteiger partial charge in [-0.25, -0.2) is 17.7 Å². The van der Waals surface area contributed by atoms with Crippen molar-refractivity contribution in [3.63, 3.8) is 0 Å². The second-order valence-electron chi connectivity index (χ2n) is 5.74. The lowest BCUT2D eigenvalue weighted by Gasteiger charge is -2.13. The van der Waals surface area contributed by atoms with Gasteiger partial charge in [0.2, 0.25) is 10.0 Å². The number of nitrogen functional groups attached to an aromatic ring is 1. The third kappa shape index (κ3) is 2.75. The highest BCUT2D eigenvalue weighted by molar-refractivity contribution is 7.89. The molecular formula is C14H20N4O2S. The molecule has 0 amide bonds. The summed E-state index contributed by atoms with van der Waals surface area (Å²) >= 11 is 0. The van der Waals surface area contributed by atoms with Crippen molar-refractivity contribution >= 4 is 26.7 Å². The van der Waals surface area contributed by atoms with Gasteiger partial charge in [-0.05, 0) is 31.0 Å². The number of nitrogens with zero attached hydrogens (tertiary/aromatic N) is 3. The first-order valence-electron chi connectivity index (χ1n) is 7.04. The van der Waals surface area contributed by atoms with Crippen LogP contribution in [0.5, 0.6) is 0 Å². The maximum absolute atomic E-state index is 12.0. The van der Waals surface area contributed by atoms with Crippen LogP contribution in [0.1, 0.15) is 24.6 Å². The van der Waals surface area contributed by atoms with Crippen LogP contribution in [-0.2, 0) is 16.6 Å². The summed E-state index contributed by atoms with van der Waals surface area (Å²) < 4.78 is 27.3. The van der Waals surface area contributed by atoms with Crippen molar-refractivity contribution in [2.24, 2.45) is 0 Å². The Balaban J connectivity index is 1.98. The molecule has 114 valence electrons. The van der Waals surface area contributed by atoms with E-state index in [1.807, 2.05) is 22.8 Å². The quantitative estimate of drug-likeness (QED) is 0.846. The van der Waals surface area contributed by atoms with Crippen molar-refractivity contribution in [3.05, 3.63) is 24.0 Å². The number of sulfonamides is 1. The first-order valence-corrected chi connectivity index (χ1v) is 8.65. The van der Waals surface area contributed by atoms with E-state index in [0.29, 0.717) is 18.2 Å². The summed E-state index contributed by atoms with van der Waals surface area (Å²) in [6, 6.07) is 5.60. The molecule has 1 heterocycles. The number of rotatable bonds is 5. The highest BCUT2D eigenvalue weighted by Crippen LogP contribution is 2.40. The summed E-state index contributed by atoms with van der Waals surface area (Å²) in [6.07, 6.45) is 2.25. The Labute approximate surface area is 124 Å². The fourth-order valence-electron chi connectivity index (χ4n) is 2.44. The van der Waals surface area contributed by atoms with Crippen molar-refractivity contribution in [2.75, 3.05) is 25.6 Å². The molecule has 1 saturated carbocycles. The minimum absolute atomic E-state index is 0.0789. The molecule has 2 N–H and O–H groups in total. The Kier molecular flexibility index (Phi) is 3.41. The highest BCUT2D eigenvalue weighted by atomic mass is 32.2. The first kappa shape index (κ1) is 14.3. The number of benzene rings is 1. The molecule has 0 atom stereocenters. The molecule has 7 heteroatoms. The number of aryl methyl sites for hydroxylation is 1. The summed E-state index contributed by atoms with van der Waals surface area (Å²) in [7, 11) is -0.0944. The zero-order chi connectivity index (χ0) is 15.2. The molecule has 21 heavy (non-hydrogen) atoms. The molecule has 3 rings (SSSR count). The van der Waals surface area contributed by atoms with Crippen molar-refractivity contribution < 1.29 is 8.42 Å². The van der Waals surface area contributed by atoms with Crippen LogP contribution in [-0.4, -0.2) is 42.1 Å². The number of anilines is 1. The molecule has 0 bridgehead atoms. The van der Waals surface area contributed by atoms with Crippen LogP contribution in [0.2, 0.25) is 0 Å². The molecule has 0 saturated heterocycles. The molecule has 2 aromatic rings. The predicted octanol–water partition coefficient (Wildman–Crippen LogP) is 1.39. The van der Waals surface area contributed by atoms with Crippen LogP contribution in [0.15, 0.2) is 18.2 Å². The van der Waals surface area contributed by atoms with E-state index in [1.54, 1.807) is 14.1 Å². The van der Waals surface area contributed by atoms with E-state index in [-0.39, 0.29) is 5.75 Å². The van der Waals surface area contributed by atoms with Gasteiger partial charge in [-0.1, -0.05) is 0 Å². The van der Waals surface area contributed by atoms with E-state index < -0.39 is 10.0 Å². The highest BCUT2D eigenvalue weighted by Gasteiger charge is 2.30. The minimum Gasteiger partial charge on any atom is -0.399 e. The maximum Gasteiger partial charge on any atom is 0.215 e. The monoisotopic (exact) mass is 308 g/mol. The van der Waals surface area contributed by atoms with E-state index in [4.69, 9.17) is 5.73 Å². The fraction of sp³-hybridized carbons (Fsp3) is 0.500. The smallest absolute Gasteiger partial charge is 0.215 e. The average molecular weight is 308 g/mol. The standard InChI is InChI=1S/C14H20N4O2S/c1-17(2)21(19,20)8-7-18-13-6-5-11(15)9-12(13)16-14(18)10-3-4-10/h5-6,9-10H,3-4,7-8,15H2,1-2H3. The normalized spacial score (nSPS) is 16.0. The third-order valence-electron chi connectivity index (χ3n) is 3.87. The largest absolute Gasteiger partial charge is 0.399 e. The van der Waals surface area contributed by atoms with Gasteiger partial charge in [-0.15, -0.1) is 0 Å². The molecule has 1 aliphatic carbocycles. The molecular weight excluding hydrogens is 288 g/mol. The molecule has 0 unspecified atom stereocenters. The Bertz CT molecular complexity index is 776. The second-order valence-corrected chi connectivity index (χ2v) is 8.04. The minimum atomic E-state index is -3.21. The summed E-state index contributed by atoms with van der Waals surface area (Å²) in [5.74, 6) is 1.53. The van der Waals surface area contributed by atoms with Gasteiger partial charge in [0.25, 0.3) is 0 Å². The Morgan fingerprint density at radius 2 is 2.10 bits per heavy atom. The number of nitrogens with two attached hydrogens (primary N) is 1. The summed E-state index contributed by atoms with van der Waals surface area (Å²) in [4.78, 5) is 4.66. The lowest BCUT2D eigenvalue weighted by atomic mass is 10.3. The Morgan fingerprint density at radius 3 is 2.71 bits per heavy atom. The molecule has 1 aliphatic rings. The van der Waals surface area contributed by atoms with Gasteiger partial charge in [-0.2, -0.15) is 0 Å². The molecule has 0 spiro atoms. The average Bonchev–Trinajstić information content (AvgIpc) is 3.18. The molecule has 6 nitrogen and oxygen atoms in total. The van der Waals surface area contributed by atoms with Gasteiger partial charge < -0.3 is 10.3 Å². The van der Waals surface area contributed by atoms with Gasteiger partial charge in [0.1, 0.15) is 5.82 Å². The summed E-state index contributed by atoms with van der Waals surface area (Å²) in [5.41, 5.74) is 8.29. The lowest BCUT2D eigenvalue weighted by Crippen LogP contribution is -2.27. The topological polar surface area (TPSA) is 81.2 Å². The molecule has 1 fully saturated rings. The number of hydrogen-bond acceptors (Lipinski definition) is 4.